The molecule has 0 aliphatic carbocycles. The maximum Gasteiger partial charge on any atom is 0.250 e. The SMILES string of the molecule is Cc1cnc(CNS(=O)(=O)c2ccc(-c3ccccc3CO)s2)cn1. The summed E-state index contributed by atoms with van der Waals surface area (Å²) in [5.41, 5.74) is 2.92. The molecule has 3 rings (SSSR count). The van der Waals surface area contributed by atoms with E-state index in [1.807, 2.05) is 31.2 Å². The Hall–Kier alpha value is -2.13. The summed E-state index contributed by atoms with van der Waals surface area (Å²) in [6, 6.07) is 10.7. The van der Waals surface area contributed by atoms with Gasteiger partial charge in [0.2, 0.25) is 10.0 Å². The zero-order valence-corrected chi connectivity index (χ0v) is 15.1. The van der Waals surface area contributed by atoms with Gasteiger partial charge >= 0.3 is 0 Å². The van der Waals surface area contributed by atoms with Crippen LogP contribution in [0, 0.1) is 6.92 Å². The highest BCUT2D eigenvalue weighted by Crippen LogP contribution is 2.32. The van der Waals surface area contributed by atoms with Crippen LogP contribution in [0.4, 0.5) is 0 Å². The molecule has 25 heavy (non-hydrogen) atoms. The van der Waals surface area contributed by atoms with Gasteiger partial charge < -0.3 is 5.11 Å². The number of thiophene rings is 1. The molecule has 0 unspecified atom stereocenters. The highest BCUT2D eigenvalue weighted by atomic mass is 32.2. The van der Waals surface area contributed by atoms with E-state index in [9.17, 15) is 13.5 Å². The number of aliphatic hydroxyl groups excluding tert-OH is 1. The van der Waals surface area contributed by atoms with Crippen LogP contribution in [0.1, 0.15) is 17.0 Å². The molecule has 130 valence electrons. The Bertz CT molecular complexity index is 967. The van der Waals surface area contributed by atoms with Gasteiger partial charge in [-0.05, 0) is 30.2 Å². The first-order valence-corrected chi connectivity index (χ1v) is 9.86. The Morgan fingerprint density at radius 3 is 2.64 bits per heavy atom. The number of benzene rings is 1. The highest BCUT2D eigenvalue weighted by molar-refractivity contribution is 7.91. The molecule has 0 spiro atoms. The van der Waals surface area contributed by atoms with Gasteiger partial charge in [0, 0.05) is 11.1 Å². The molecule has 0 saturated heterocycles. The minimum Gasteiger partial charge on any atom is -0.392 e. The van der Waals surface area contributed by atoms with Crippen molar-refractivity contribution in [3.8, 4) is 10.4 Å². The van der Waals surface area contributed by atoms with E-state index in [2.05, 4.69) is 14.7 Å². The first-order chi connectivity index (χ1) is 12.0. The molecule has 3 aromatic rings. The third-order valence-corrected chi connectivity index (χ3v) is 6.59. The summed E-state index contributed by atoms with van der Waals surface area (Å²) in [6.45, 7) is 1.80. The number of hydrogen-bond donors (Lipinski definition) is 2. The van der Waals surface area contributed by atoms with Gasteiger partial charge in [-0.15, -0.1) is 11.3 Å². The largest absolute Gasteiger partial charge is 0.392 e. The van der Waals surface area contributed by atoms with Gasteiger partial charge in [-0.3, -0.25) is 9.97 Å². The monoisotopic (exact) mass is 375 g/mol. The van der Waals surface area contributed by atoms with Crippen LogP contribution >= 0.6 is 11.3 Å². The van der Waals surface area contributed by atoms with Gasteiger partial charge in [-0.1, -0.05) is 24.3 Å². The van der Waals surface area contributed by atoms with Gasteiger partial charge in [-0.25, -0.2) is 13.1 Å². The molecule has 0 aliphatic heterocycles. The second-order valence-corrected chi connectivity index (χ2v) is 8.49. The first kappa shape index (κ1) is 17.7. The molecule has 0 radical (unpaired) electrons. The topological polar surface area (TPSA) is 92.2 Å². The van der Waals surface area contributed by atoms with Crippen LogP contribution in [-0.4, -0.2) is 23.5 Å². The molecular weight excluding hydrogens is 358 g/mol. The van der Waals surface area contributed by atoms with Crippen molar-refractivity contribution in [2.24, 2.45) is 0 Å². The Morgan fingerprint density at radius 2 is 1.92 bits per heavy atom. The van der Waals surface area contributed by atoms with E-state index in [-0.39, 0.29) is 17.4 Å². The van der Waals surface area contributed by atoms with E-state index in [1.54, 1.807) is 24.5 Å². The molecule has 2 aromatic heterocycles. The molecule has 0 saturated carbocycles. The lowest BCUT2D eigenvalue weighted by Gasteiger charge is -2.05. The molecule has 1 aromatic carbocycles. The third-order valence-electron chi connectivity index (χ3n) is 3.58. The molecule has 0 aliphatic rings. The number of nitrogens with one attached hydrogen (secondary N) is 1. The maximum atomic E-state index is 12.5. The van der Waals surface area contributed by atoms with E-state index in [0.717, 1.165) is 33.0 Å². The summed E-state index contributed by atoms with van der Waals surface area (Å²) in [7, 11) is -3.64. The van der Waals surface area contributed by atoms with Crippen LogP contribution < -0.4 is 4.72 Å². The van der Waals surface area contributed by atoms with Crippen LogP contribution in [0.25, 0.3) is 10.4 Å². The van der Waals surface area contributed by atoms with Gasteiger partial charge in [0.1, 0.15) is 4.21 Å². The fourth-order valence-electron chi connectivity index (χ4n) is 2.26. The van der Waals surface area contributed by atoms with E-state index in [4.69, 9.17) is 0 Å². The van der Waals surface area contributed by atoms with Gasteiger partial charge in [0.25, 0.3) is 0 Å². The van der Waals surface area contributed by atoms with Gasteiger partial charge in [0.05, 0.1) is 30.7 Å². The predicted octanol–water partition coefficient (Wildman–Crippen LogP) is 2.48. The highest BCUT2D eigenvalue weighted by Gasteiger charge is 2.18. The Kier molecular flexibility index (Phi) is 5.24. The summed E-state index contributed by atoms with van der Waals surface area (Å²) < 4.78 is 27.7. The van der Waals surface area contributed by atoms with Crippen molar-refractivity contribution in [1.82, 2.24) is 14.7 Å². The molecule has 6 nitrogen and oxygen atoms in total. The van der Waals surface area contributed by atoms with Crippen molar-refractivity contribution in [2.75, 3.05) is 0 Å². The predicted molar refractivity (Wildman–Crippen MR) is 96.5 cm³/mol. The van der Waals surface area contributed by atoms with Crippen molar-refractivity contribution >= 4 is 21.4 Å². The Morgan fingerprint density at radius 1 is 1.12 bits per heavy atom. The quantitative estimate of drug-likeness (QED) is 0.691. The number of aromatic nitrogens is 2. The van der Waals surface area contributed by atoms with E-state index in [0.29, 0.717) is 5.69 Å². The minimum absolute atomic E-state index is 0.0794. The molecule has 2 heterocycles. The summed E-state index contributed by atoms with van der Waals surface area (Å²) in [5, 5.41) is 9.44. The zero-order chi connectivity index (χ0) is 17.9. The van der Waals surface area contributed by atoms with Crippen molar-refractivity contribution in [3.63, 3.8) is 0 Å². The molecular formula is C17H17N3O3S2. The van der Waals surface area contributed by atoms with Crippen molar-refractivity contribution in [3.05, 3.63) is 65.7 Å². The molecule has 8 heteroatoms. The summed E-state index contributed by atoms with van der Waals surface area (Å²) in [4.78, 5) is 9.03. The molecule has 0 atom stereocenters. The van der Waals surface area contributed by atoms with Crippen LogP contribution in [0.5, 0.6) is 0 Å². The smallest absolute Gasteiger partial charge is 0.250 e. The fourth-order valence-corrected chi connectivity index (χ4v) is 4.67. The number of aliphatic hydroxyl groups is 1. The third kappa shape index (κ3) is 4.10. The van der Waals surface area contributed by atoms with Crippen molar-refractivity contribution in [1.29, 1.82) is 0 Å². The Labute approximate surface area is 150 Å². The van der Waals surface area contributed by atoms with Crippen LogP contribution in [-0.2, 0) is 23.2 Å². The molecule has 0 amide bonds. The molecule has 2 N–H and O–H groups in total. The van der Waals surface area contributed by atoms with E-state index >= 15 is 0 Å². The lowest BCUT2D eigenvalue weighted by molar-refractivity contribution is 0.282. The number of rotatable bonds is 6. The lowest BCUT2D eigenvalue weighted by atomic mass is 10.1. The zero-order valence-electron chi connectivity index (χ0n) is 13.5. The summed E-state index contributed by atoms with van der Waals surface area (Å²) >= 11 is 1.16. The second-order valence-electron chi connectivity index (χ2n) is 5.41. The van der Waals surface area contributed by atoms with Crippen LogP contribution in [0.3, 0.4) is 0 Å². The minimum atomic E-state index is -3.64. The number of sulfonamides is 1. The van der Waals surface area contributed by atoms with Gasteiger partial charge in [-0.2, -0.15) is 0 Å². The number of aryl methyl sites for hydroxylation is 1. The molecule has 0 fully saturated rings. The standard InChI is InChI=1S/C17H17N3O3S2/c1-12-8-19-14(9-18-12)10-20-25(22,23)17-7-6-16(24-17)15-5-3-2-4-13(15)11-21/h2-9,20-21H,10-11H2,1H3. The molecule has 0 bridgehead atoms. The Balaban J connectivity index is 1.79. The van der Waals surface area contributed by atoms with Crippen LogP contribution in [0.2, 0.25) is 0 Å². The average molecular weight is 375 g/mol. The van der Waals surface area contributed by atoms with Gasteiger partial charge in [0.15, 0.2) is 0 Å². The van der Waals surface area contributed by atoms with E-state index < -0.39 is 10.0 Å². The second kappa shape index (κ2) is 7.40. The average Bonchev–Trinajstić information content (AvgIpc) is 3.12. The number of hydrogen-bond acceptors (Lipinski definition) is 6. The number of nitrogens with zero attached hydrogens (tertiary/aromatic N) is 2. The fraction of sp³-hybridized carbons (Fsp3) is 0.176. The maximum absolute atomic E-state index is 12.5. The van der Waals surface area contributed by atoms with Crippen molar-refractivity contribution < 1.29 is 13.5 Å². The van der Waals surface area contributed by atoms with E-state index in [1.165, 1.54) is 0 Å². The van der Waals surface area contributed by atoms with Crippen molar-refractivity contribution in [2.45, 2.75) is 24.3 Å². The normalized spacial score (nSPS) is 11.6. The van der Waals surface area contributed by atoms with Crippen LogP contribution in [0.15, 0.2) is 53.0 Å². The summed E-state index contributed by atoms with van der Waals surface area (Å²) in [6.07, 6.45) is 3.15. The summed E-state index contributed by atoms with van der Waals surface area (Å²) in [5.74, 6) is 0. The lowest BCUT2D eigenvalue weighted by Crippen LogP contribution is -2.23. The first-order valence-electron chi connectivity index (χ1n) is 7.56.